The highest BCUT2D eigenvalue weighted by molar-refractivity contribution is 7.14. The molecule has 1 aliphatic rings. The second kappa shape index (κ2) is 6.51. The van der Waals surface area contributed by atoms with E-state index in [1.54, 1.807) is 12.3 Å². The van der Waals surface area contributed by atoms with Gasteiger partial charge in [-0.1, -0.05) is 6.92 Å². The van der Waals surface area contributed by atoms with Crippen molar-refractivity contribution in [3.05, 3.63) is 23.3 Å². The SMILES string of the molecule is COC(=O)c1cc(-c2csc(NC(=O)C(C)C3CNC3)n2)c[nH]1. The fourth-order valence-electron chi connectivity index (χ4n) is 2.33. The Morgan fingerprint density at radius 3 is 2.91 bits per heavy atom. The molecule has 1 saturated heterocycles. The fourth-order valence-corrected chi connectivity index (χ4v) is 3.05. The molecule has 1 aliphatic heterocycles. The van der Waals surface area contributed by atoms with Gasteiger partial charge in [0.25, 0.3) is 0 Å². The maximum Gasteiger partial charge on any atom is 0.354 e. The molecular formula is C15H18N4O3S. The van der Waals surface area contributed by atoms with Gasteiger partial charge >= 0.3 is 5.97 Å². The highest BCUT2D eigenvalue weighted by atomic mass is 32.1. The highest BCUT2D eigenvalue weighted by Gasteiger charge is 2.29. The summed E-state index contributed by atoms with van der Waals surface area (Å²) in [5.41, 5.74) is 1.85. The first-order chi connectivity index (χ1) is 11.1. The monoisotopic (exact) mass is 334 g/mol. The number of nitrogens with one attached hydrogen (secondary N) is 3. The lowest BCUT2D eigenvalue weighted by atomic mass is 9.88. The quantitative estimate of drug-likeness (QED) is 0.724. The Labute approximate surface area is 137 Å². The van der Waals surface area contributed by atoms with E-state index in [1.165, 1.54) is 18.4 Å². The number of carbonyl (C=O) groups is 2. The summed E-state index contributed by atoms with van der Waals surface area (Å²) in [6.45, 7) is 3.71. The molecule has 1 unspecified atom stereocenters. The number of aromatic nitrogens is 2. The van der Waals surface area contributed by atoms with E-state index in [9.17, 15) is 9.59 Å². The average Bonchev–Trinajstić information content (AvgIpc) is 3.13. The second-order valence-corrected chi connectivity index (χ2v) is 6.39. The number of thiazole rings is 1. The molecule has 8 heteroatoms. The Morgan fingerprint density at radius 2 is 2.26 bits per heavy atom. The molecule has 3 N–H and O–H groups in total. The first kappa shape index (κ1) is 15.7. The maximum absolute atomic E-state index is 12.2. The smallest absolute Gasteiger partial charge is 0.354 e. The van der Waals surface area contributed by atoms with Crippen molar-refractivity contribution in [2.45, 2.75) is 6.92 Å². The van der Waals surface area contributed by atoms with Gasteiger partial charge in [-0.2, -0.15) is 0 Å². The first-order valence-electron chi connectivity index (χ1n) is 7.32. The number of nitrogens with zero attached hydrogens (tertiary/aromatic N) is 1. The Hall–Kier alpha value is -2.19. The van der Waals surface area contributed by atoms with E-state index in [4.69, 9.17) is 0 Å². The molecule has 122 valence electrons. The van der Waals surface area contributed by atoms with Crippen LogP contribution < -0.4 is 10.6 Å². The van der Waals surface area contributed by atoms with Crippen LogP contribution in [0, 0.1) is 11.8 Å². The molecule has 1 atom stereocenters. The largest absolute Gasteiger partial charge is 0.464 e. The molecule has 0 spiro atoms. The summed E-state index contributed by atoms with van der Waals surface area (Å²) in [6.07, 6.45) is 1.69. The van der Waals surface area contributed by atoms with Gasteiger partial charge in [-0.25, -0.2) is 9.78 Å². The molecule has 0 aromatic carbocycles. The number of esters is 1. The molecule has 0 bridgehead atoms. The molecule has 7 nitrogen and oxygen atoms in total. The number of aromatic amines is 1. The second-order valence-electron chi connectivity index (χ2n) is 5.53. The third kappa shape index (κ3) is 3.27. The van der Waals surface area contributed by atoms with Gasteiger partial charge in [0.1, 0.15) is 5.69 Å². The molecule has 0 saturated carbocycles. The van der Waals surface area contributed by atoms with Crippen LogP contribution in [0.5, 0.6) is 0 Å². The van der Waals surface area contributed by atoms with Crippen LogP contribution in [0.15, 0.2) is 17.6 Å². The fraction of sp³-hybridized carbons (Fsp3) is 0.400. The molecule has 3 heterocycles. The van der Waals surface area contributed by atoms with Crippen molar-refractivity contribution in [1.82, 2.24) is 15.3 Å². The Morgan fingerprint density at radius 1 is 1.48 bits per heavy atom. The van der Waals surface area contributed by atoms with E-state index < -0.39 is 5.97 Å². The Kier molecular flexibility index (Phi) is 4.44. The summed E-state index contributed by atoms with van der Waals surface area (Å²) in [7, 11) is 1.33. The van der Waals surface area contributed by atoms with Crippen LogP contribution in [0.4, 0.5) is 5.13 Å². The first-order valence-corrected chi connectivity index (χ1v) is 8.20. The number of carbonyl (C=O) groups excluding carboxylic acids is 2. The zero-order chi connectivity index (χ0) is 16.4. The molecule has 0 radical (unpaired) electrons. The standard InChI is InChI=1S/C15H18N4O3S/c1-8(10-4-16-5-10)13(20)19-15-18-12(7-23-15)9-3-11(17-6-9)14(21)22-2/h3,6-8,10,16-17H,4-5H2,1-2H3,(H,18,19,20). The van der Waals surface area contributed by atoms with Gasteiger partial charge in [-0.3, -0.25) is 4.79 Å². The van der Waals surface area contributed by atoms with Crippen molar-refractivity contribution in [3.8, 4) is 11.3 Å². The van der Waals surface area contributed by atoms with E-state index >= 15 is 0 Å². The van der Waals surface area contributed by atoms with Crippen LogP contribution in [-0.2, 0) is 9.53 Å². The summed E-state index contributed by atoms with van der Waals surface area (Å²) in [6, 6.07) is 1.68. The average molecular weight is 334 g/mol. The molecule has 2 aromatic rings. The molecular weight excluding hydrogens is 316 g/mol. The van der Waals surface area contributed by atoms with E-state index in [0.29, 0.717) is 22.4 Å². The van der Waals surface area contributed by atoms with E-state index in [0.717, 1.165) is 18.7 Å². The maximum atomic E-state index is 12.2. The van der Waals surface area contributed by atoms with Gasteiger partial charge in [-0.05, 0) is 25.1 Å². The van der Waals surface area contributed by atoms with Crippen molar-refractivity contribution in [2.75, 3.05) is 25.5 Å². The molecule has 1 amide bonds. The lowest BCUT2D eigenvalue weighted by Gasteiger charge is -2.31. The lowest BCUT2D eigenvalue weighted by molar-refractivity contribution is -0.121. The predicted octanol–water partition coefficient (Wildman–Crippen LogP) is 1.72. The molecule has 2 aromatic heterocycles. The number of anilines is 1. The van der Waals surface area contributed by atoms with E-state index in [-0.39, 0.29) is 11.8 Å². The number of methoxy groups -OCH3 is 1. The van der Waals surface area contributed by atoms with Gasteiger partial charge in [0.2, 0.25) is 5.91 Å². The molecule has 23 heavy (non-hydrogen) atoms. The summed E-state index contributed by atoms with van der Waals surface area (Å²) >= 11 is 1.36. The predicted molar refractivity (Wildman–Crippen MR) is 87.4 cm³/mol. The minimum Gasteiger partial charge on any atom is -0.464 e. The molecule has 3 rings (SSSR count). The van der Waals surface area contributed by atoms with Gasteiger partial charge in [0.15, 0.2) is 5.13 Å². The van der Waals surface area contributed by atoms with Crippen molar-refractivity contribution in [3.63, 3.8) is 0 Å². The zero-order valence-corrected chi connectivity index (χ0v) is 13.7. The van der Waals surface area contributed by atoms with Crippen LogP contribution >= 0.6 is 11.3 Å². The van der Waals surface area contributed by atoms with Crippen LogP contribution in [0.3, 0.4) is 0 Å². The summed E-state index contributed by atoms with van der Waals surface area (Å²) in [5.74, 6) is -0.0897. The third-order valence-electron chi connectivity index (χ3n) is 4.05. The third-order valence-corrected chi connectivity index (χ3v) is 4.81. The highest BCUT2D eigenvalue weighted by Crippen LogP contribution is 2.26. The lowest BCUT2D eigenvalue weighted by Crippen LogP contribution is -2.48. The number of amides is 1. The summed E-state index contributed by atoms with van der Waals surface area (Å²) in [5, 5.41) is 8.43. The number of ether oxygens (including phenoxy) is 1. The zero-order valence-electron chi connectivity index (χ0n) is 12.9. The number of hydrogen-bond donors (Lipinski definition) is 3. The molecule has 0 aliphatic carbocycles. The summed E-state index contributed by atoms with van der Waals surface area (Å²) in [4.78, 5) is 30.9. The van der Waals surface area contributed by atoms with Crippen molar-refractivity contribution >= 4 is 28.3 Å². The van der Waals surface area contributed by atoms with Gasteiger partial charge < -0.3 is 20.4 Å². The summed E-state index contributed by atoms with van der Waals surface area (Å²) < 4.78 is 4.66. The number of hydrogen-bond acceptors (Lipinski definition) is 6. The molecule has 1 fully saturated rings. The van der Waals surface area contributed by atoms with Crippen molar-refractivity contribution in [2.24, 2.45) is 11.8 Å². The normalized spacial score (nSPS) is 15.7. The van der Waals surface area contributed by atoms with E-state index in [1.807, 2.05) is 12.3 Å². The minimum absolute atomic E-state index is 0.0123. The van der Waals surface area contributed by atoms with Crippen LogP contribution in [0.25, 0.3) is 11.3 Å². The minimum atomic E-state index is -0.428. The Bertz CT molecular complexity index is 720. The van der Waals surface area contributed by atoms with Crippen molar-refractivity contribution < 1.29 is 14.3 Å². The van der Waals surface area contributed by atoms with Crippen LogP contribution in [0.2, 0.25) is 0 Å². The Balaban J connectivity index is 1.66. The van der Waals surface area contributed by atoms with Gasteiger partial charge in [-0.15, -0.1) is 11.3 Å². The van der Waals surface area contributed by atoms with E-state index in [2.05, 4.69) is 25.3 Å². The van der Waals surface area contributed by atoms with Gasteiger partial charge in [0, 0.05) is 23.1 Å². The number of H-pyrrole nitrogens is 1. The van der Waals surface area contributed by atoms with Crippen molar-refractivity contribution in [1.29, 1.82) is 0 Å². The van der Waals surface area contributed by atoms with Crippen LogP contribution in [0.1, 0.15) is 17.4 Å². The van der Waals surface area contributed by atoms with Crippen LogP contribution in [-0.4, -0.2) is 42.0 Å². The van der Waals surface area contributed by atoms with Gasteiger partial charge in [0.05, 0.1) is 12.8 Å². The number of rotatable bonds is 5. The topological polar surface area (TPSA) is 96.1 Å².